The van der Waals surface area contributed by atoms with E-state index in [1.54, 1.807) is 6.07 Å². The second-order valence-electron chi connectivity index (χ2n) is 4.75. The summed E-state index contributed by atoms with van der Waals surface area (Å²) in [4.78, 5) is 20.3. The van der Waals surface area contributed by atoms with Gasteiger partial charge in [0.25, 0.3) is 0 Å². The van der Waals surface area contributed by atoms with Crippen LogP contribution in [0.2, 0.25) is 0 Å². The van der Waals surface area contributed by atoms with Crippen LogP contribution in [0.5, 0.6) is 0 Å². The highest BCUT2D eigenvalue weighted by molar-refractivity contribution is 5.92. The minimum atomic E-state index is -0.573. The lowest BCUT2D eigenvalue weighted by molar-refractivity contribution is 0.0594. The summed E-state index contributed by atoms with van der Waals surface area (Å²) in [5, 5.41) is 4.12. The van der Waals surface area contributed by atoms with Crippen LogP contribution in [0.15, 0.2) is 12.3 Å². The number of rotatable bonds is 3. The number of methoxy groups -OCH3 is 1. The van der Waals surface area contributed by atoms with Crippen LogP contribution >= 0.6 is 0 Å². The highest BCUT2D eigenvalue weighted by Crippen LogP contribution is 2.16. The molecule has 2 rings (SSSR count). The first-order valence-electron chi connectivity index (χ1n) is 6.21. The zero-order chi connectivity index (χ0) is 14.9. The van der Waals surface area contributed by atoms with Crippen LogP contribution in [-0.2, 0) is 4.74 Å². The average molecular weight is 275 g/mol. The minimum Gasteiger partial charge on any atom is -0.464 e. The molecule has 0 radical (unpaired) electrons. The molecule has 0 bridgehead atoms. The van der Waals surface area contributed by atoms with E-state index in [1.807, 2.05) is 20.8 Å². The van der Waals surface area contributed by atoms with E-state index in [2.05, 4.69) is 19.8 Å². The number of aromatic nitrogens is 4. The maximum Gasteiger partial charge on any atom is 0.360 e. The van der Waals surface area contributed by atoms with E-state index >= 15 is 0 Å². The van der Waals surface area contributed by atoms with E-state index < -0.39 is 5.97 Å². The van der Waals surface area contributed by atoms with Gasteiger partial charge in [0.15, 0.2) is 11.5 Å². The SMILES string of the molecule is COC(=O)c1nn(-c2cc(C)nc(C(C)C)n2)cc1N. The van der Waals surface area contributed by atoms with E-state index in [-0.39, 0.29) is 17.3 Å². The van der Waals surface area contributed by atoms with E-state index in [0.717, 1.165) is 5.69 Å². The topological polar surface area (TPSA) is 95.9 Å². The Labute approximate surface area is 116 Å². The smallest absolute Gasteiger partial charge is 0.360 e. The van der Waals surface area contributed by atoms with E-state index in [9.17, 15) is 4.79 Å². The summed E-state index contributed by atoms with van der Waals surface area (Å²) in [5.74, 6) is 0.912. The number of hydrogen-bond donors (Lipinski definition) is 1. The van der Waals surface area contributed by atoms with E-state index in [0.29, 0.717) is 11.6 Å². The highest BCUT2D eigenvalue weighted by atomic mass is 16.5. The largest absolute Gasteiger partial charge is 0.464 e. The molecule has 0 aliphatic carbocycles. The molecule has 0 saturated heterocycles. The monoisotopic (exact) mass is 275 g/mol. The highest BCUT2D eigenvalue weighted by Gasteiger charge is 2.17. The fourth-order valence-corrected chi connectivity index (χ4v) is 1.71. The molecule has 2 N–H and O–H groups in total. The summed E-state index contributed by atoms with van der Waals surface area (Å²) in [7, 11) is 1.28. The van der Waals surface area contributed by atoms with Crippen molar-refractivity contribution in [3.63, 3.8) is 0 Å². The Morgan fingerprint density at radius 3 is 2.70 bits per heavy atom. The normalized spacial score (nSPS) is 10.8. The summed E-state index contributed by atoms with van der Waals surface area (Å²) in [5.41, 5.74) is 6.92. The van der Waals surface area contributed by atoms with Gasteiger partial charge in [-0.3, -0.25) is 0 Å². The molecule has 106 valence electrons. The molecule has 0 atom stereocenters. The standard InChI is InChI=1S/C13H17N5O2/c1-7(2)12-15-8(3)5-10(16-12)18-6-9(14)11(17-18)13(19)20-4/h5-7H,14H2,1-4H3. The third-order valence-corrected chi connectivity index (χ3v) is 2.73. The van der Waals surface area contributed by atoms with Gasteiger partial charge in [-0.05, 0) is 6.92 Å². The number of nitrogens with two attached hydrogens (primary N) is 1. The Morgan fingerprint density at radius 1 is 1.40 bits per heavy atom. The van der Waals surface area contributed by atoms with Crippen LogP contribution in [-0.4, -0.2) is 32.8 Å². The molecule has 0 spiro atoms. The molecule has 0 amide bonds. The zero-order valence-corrected chi connectivity index (χ0v) is 11.9. The molecule has 0 saturated carbocycles. The molecule has 0 aliphatic heterocycles. The Hall–Kier alpha value is -2.44. The summed E-state index contributed by atoms with van der Waals surface area (Å²) in [6, 6.07) is 1.78. The van der Waals surface area contributed by atoms with Gasteiger partial charge in [-0.2, -0.15) is 5.10 Å². The molecule has 0 fully saturated rings. The average Bonchev–Trinajstić information content (AvgIpc) is 2.79. The van der Waals surface area contributed by atoms with Gasteiger partial charge in [0.1, 0.15) is 5.82 Å². The van der Waals surface area contributed by atoms with Gasteiger partial charge in [-0.15, -0.1) is 0 Å². The van der Waals surface area contributed by atoms with E-state index in [1.165, 1.54) is 18.0 Å². The summed E-state index contributed by atoms with van der Waals surface area (Å²) >= 11 is 0. The van der Waals surface area contributed by atoms with Crippen LogP contribution in [0.25, 0.3) is 5.82 Å². The van der Waals surface area contributed by atoms with Gasteiger partial charge in [0.2, 0.25) is 0 Å². The van der Waals surface area contributed by atoms with Crippen molar-refractivity contribution >= 4 is 11.7 Å². The number of aryl methyl sites for hydroxylation is 1. The fourth-order valence-electron chi connectivity index (χ4n) is 1.71. The molecule has 2 aromatic rings. The maximum absolute atomic E-state index is 11.5. The molecule has 2 heterocycles. The summed E-state index contributed by atoms with van der Waals surface area (Å²) in [6.07, 6.45) is 1.54. The van der Waals surface area contributed by atoms with Crippen molar-refractivity contribution in [2.75, 3.05) is 12.8 Å². The van der Waals surface area contributed by atoms with Crippen LogP contribution in [0.3, 0.4) is 0 Å². The van der Waals surface area contributed by atoms with Gasteiger partial charge in [-0.25, -0.2) is 19.4 Å². The van der Waals surface area contributed by atoms with Crippen LogP contribution < -0.4 is 5.73 Å². The van der Waals surface area contributed by atoms with Crippen molar-refractivity contribution in [2.24, 2.45) is 0 Å². The molecule has 7 heteroatoms. The van der Waals surface area contributed by atoms with Gasteiger partial charge in [0.05, 0.1) is 19.0 Å². The first-order chi connectivity index (χ1) is 9.42. The lowest BCUT2D eigenvalue weighted by atomic mass is 10.2. The predicted molar refractivity (Wildman–Crippen MR) is 73.7 cm³/mol. The lowest BCUT2D eigenvalue weighted by Crippen LogP contribution is -2.08. The molecule has 20 heavy (non-hydrogen) atoms. The van der Waals surface area contributed by atoms with Crippen molar-refractivity contribution in [1.29, 1.82) is 0 Å². The number of ether oxygens (including phenoxy) is 1. The number of carbonyl (C=O) groups is 1. The second-order valence-corrected chi connectivity index (χ2v) is 4.75. The maximum atomic E-state index is 11.5. The van der Waals surface area contributed by atoms with Crippen molar-refractivity contribution < 1.29 is 9.53 Å². The molecule has 2 aromatic heterocycles. The summed E-state index contributed by atoms with van der Waals surface area (Å²) < 4.78 is 6.08. The number of carbonyl (C=O) groups excluding carboxylic acids is 1. The molecular formula is C13H17N5O2. The molecule has 0 aliphatic rings. The minimum absolute atomic E-state index is 0.0786. The Bertz CT molecular complexity index is 648. The lowest BCUT2D eigenvalue weighted by Gasteiger charge is -2.07. The molecule has 0 aromatic carbocycles. The van der Waals surface area contributed by atoms with Crippen LogP contribution in [0.4, 0.5) is 5.69 Å². The van der Waals surface area contributed by atoms with Crippen LogP contribution in [0.1, 0.15) is 41.8 Å². The third-order valence-electron chi connectivity index (χ3n) is 2.73. The predicted octanol–water partition coefficient (Wildman–Crippen LogP) is 1.46. The van der Waals surface area contributed by atoms with Crippen LogP contribution in [0, 0.1) is 6.92 Å². The number of esters is 1. The first-order valence-corrected chi connectivity index (χ1v) is 6.21. The fraction of sp³-hybridized carbons (Fsp3) is 0.385. The Kier molecular flexibility index (Phi) is 3.69. The quantitative estimate of drug-likeness (QED) is 0.852. The molecular weight excluding hydrogens is 258 g/mol. The van der Waals surface area contributed by atoms with Crippen molar-refractivity contribution in [3.8, 4) is 5.82 Å². The Balaban J connectivity index is 2.49. The van der Waals surface area contributed by atoms with E-state index in [4.69, 9.17) is 5.73 Å². The number of nitrogen functional groups attached to an aromatic ring is 1. The molecule has 0 unspecified atom stereocenters. The zero-order valence-electron chi connectivity index (χ0n) is 11.9. The first kappa shape index (κ1) is 14.0. The van der Waals surface area contributed by atoms with Gasteiger partial charge in [-0.1, -0.05) is 13.8 Å². The third kappa shape index (κ3) is 2.61. The summed E-state index contributed by atoms with van der Waals surface area (Å²) in [6.45, 7) is 5.90. The number of hydrogen-bond acceptors (Lipinski definition) is 6. The van der Waals surface area contributed by atoms with Gasteiger partial charge >= 0.3 is 5.97 Å². The Morgan fingerprint density at radius 2 is 2.10 bits per heavy atom. The van der Waals surface area contributed by atoms with Crippen molar-refractivity contribution in [1.82, 2.24) is 19.7 Å². The van der Waals surface area contributed by atoms with Gasteiger partial charge < -0.3 is 10.5 Å². The second kappa shape index (κ2) is 5.28. The van der Waals surface area contributed by atoms with Crippen molar-refractivity contribution in [2.45, 2.75) is 26.7 Å². The number of nitrogens with zero attached hydrogens (tertiary/aromatic N) is 4. The van der Waals surface area contributed by atoms with Crippen molar-refractivity contribution in [3.05, 3.63) is 29.5 Å². The molecule has 7 nitrogen and oxygen atoms in total. The van der Waals surface area contributed by atoms with Gasteiger partial charge in [0, 0.05) is 17.7 Å². The number of anilines is 1.